The van der Waals surface area contributed by atoms with E-state index in [2.05, 4.69) is 10.6 Å². The molecular formula is C19H29N3O8. The molecule has 1 aliphatic rings. The van der Waals surface area contributed by atoms with Gasteiger partial charge in [-0.15, -0.1) is 0 Å². The van der Waals surface area contributed by atoms with Crippen LogP contribution in [0.2, 0.25) is 0 Å². The zero-order valence-corrected chi connectivity index (χ0v) is 17.2. The zero-order chi connectivity index (χ0) is 22.5. The first kappa shape index (κ1) is 25.2. The SMILES string of the molecule is CC(CC(C)C(=O)NCCNC(=O)COCCOCCN1C(=O)C=CC1=O)C(=O)O. The van der Waals surface area contributed by atoms with Crippen molar-refractivity contribution in [3.63, 3.8) is 0 Å². The second kappa shape index (κ2) is 13.4. The highest BCUT2D eigenvalue weighted by Crippen LogP contribution is 2.11. The molecule has 2 unspecified atom stereocenters. The lowest BCUT2D eigenvalue weighted by atomic mass is 9.97. The van der Waals surface area contributed by atoms with Crippen molar-refractivity contribution < 1.29 is 38.6 Å². The van der Waals surface area contributed by atoms with E-state index in [0.29, 0.717) is 0 Å². The molecule has 0 radical (unpaired) electrons. The maximum absolute atomic E-state index is 11.9. The minimum absolute atomic E-state index is 0.157. The van der Waals surface area contributed by atoms with Crippen molar-refractivity contribution in [1.29, 1.82) is 0 Å². The van der Waals surface area contributed by atoms with Crippen LogP contribution in [0.15, 0.2) is 12.2 Å². The van der Waals surface area contributed by atoms with Crippen LogP contribution < -0.4 is 10.6 Å². The number of aliphatic carboxylic acids is 1. The van der Waals surface area contributed by atoms with Crippen LogP contribution in [0.4, 0.5) is 0 Å². The van der Waals surface area contributed by atoms with Gasteiger partial charge in [-0.3, -0.25) is 28.9 Å². The Labute approximate surface area is 174 Å². The van der Waals surface area contributed by atoms with E-state index in [4.69, 9.17) is 14.6 Å². The van der Waals surface area contributed by atoms with Gasteiger partial charge in [-0.1, -0.05) is 13.8 Å². The average molecular weight is 427 g/mol. The molecule has 0 aromatic heterocycles. The van der Waals surface area contributed by atoms with E-state index in [0.717, 1.165) is 4.90 Å². The Morgan fingerprint density at radius 1 is 0.967 bits per heavy atom. The Hall–Kier alpha value is -2.79. The van der Waals surface area contributed by atoms with Gasteiger partial charge in [0.1, 0.15) is 6.61 Å². The van der Waals surface area contributed by atoms with Gasteiger partial charge in [0.15, 0.2) is 0 Å². The Bertz CT molecular complexity index is 646. The molecule has 1 heterocycles. The highest BCUT2D eigenvalue weighted by molar-refractivity contribution is 6.12. The lowest BCUT2D eigenvalue weighted by Gasteiger charge is -2.14. The summed E-state index contributed by atoms with van der Waals surface area (Å²) >= 11 is 0. The highest BCUT2D eigenvalue weighted by Gasteiger charge is 2.22. The topological polar surface area (TPSA) is 151 Å². The van der Waals surface area contributed by atoms with Gasteiger partial charge < -0.3 is 25.2 Å². The summed E-state index contributed by atoms with van der Waals surface area (Å²) in [4.78, 5) is 58.0. The summed E-state index contributed by atoms with van der Waals surface area (Å²) in [5.74, 6) is -3.33. The molecule has 2 atom stereocenters. The van der Waals surface area contributed by atoms with Crippen molar-refractivity contribution >= 4 is 29.6 Å². The summed E-state index contributed by atoms with van der Waals surface area (Å²) in [6.07, 6.45) is 2.65. The van der Waals surface area contributed by atoms with E-state index < -0.39 is 17.8 Å². The largest absolute Gasteiger partial charge is 0.481 e. The number of carbonyl (C=O) groups excluding carboxylic acids is 4. The van der Waals surface area contributed by atoms with Crippen LogP contribution in [0.1, 0.15) is 20.3 Å². The van der Waals surface area contributed by atoms with Crippen LogP contribution in [0.3, 0.4) is 0 Å². The van der Waals surface area contributed by atoms with Crippen molar-refractivity contribution in [3.8, 4) is 0 Å². The van der Waals surface area contributed by atoms with Crippen LogP contribution >= 0.6 is 0 Å². The minimum Gasteiger partial charge on any atom is -0.481 e. The summed E-state index contributed by atoms with van der Waals surface area (Å²) in [6.45, 7) is 4.19. The normalized spacial score (nSPS) is 15.2. The van der Waals surface area contributed by atoms with E-state index in [1.807, 2.05) is 0 Å². The number of hydrogen-bond donors (Lipinski definition) is 3. The number of carboxylic acid groups (broad SMARTS) is 1. The number of hydrogen-bond acceptors (Lipinski definition) is 7. The van der Waals surface area contributed by atoms with Crippen molar-refractivity contribution in [2.24, 2.45) is 11.8 Å². The van der Waals surface area contributed by atoms with Gasteiger partial charge >= 0.3 is 5.97 Å². The predicted molar refractivity (Wildman–Crippen MR) is 104 cm³/mol. The molecule has 0 saturated heterocycles. The van der Waals surface area contributed by atoms with Crippen LogP contribution in [-0.2, 0) is 33.4 Å². The summed E-state index contributed by atoms with van der Waals surface area (Å²) in [5, 5.41) is 14.1. The molecule has 30 heavy (non-hydrogen) atoms. The van der Waals surface area contributed by atoms with E-state index in [9.17, 15) is 24.0 Å². The van der Waals surface area contributed by atoms with Crippen molar-refractivity contribution in [3.05, 3.63) is 12.2 Å². The Balaban J connectivity index is 1.98. The fourth-order valence-corrected chi connectivity index (χ4v) is 2.54. The van der Waals surface area contributed by atoms with Crippen LogP contribution in [0.5, 0.6) is 0 Å². The van der Waals surface area contributed by atoms with Crippen molar-refractivity contribution in [2.45, 2.75) is 20.3 Å². The number of nitrogens with one attached hydrogen (secondary N) is 2. The van der Waals surface area contributed by atoms with E-state index in [-0.39, 0.29) is 76.1 Å². The molecule has 0 aromatic carbocycles. The first-order valence-electron chi connectivity index (χ1n) is 9.68. The molecule has 0 aromatic rings. The fraction of sp³-hybridized carbons (Fsp3) is 0.632. The molecule has 0 spiro atoms. The van der Waals surface area contributed by atoms with Crippen LogP contribution in [0.25, 0.3) is 0 Å². The van der Waals surface area contributed by atoms with Gasteiger partial charge in [0.05, 0.1) is 32.3 Å². The summed E-state index contributed by atoms with van der Waals surface area (Å²) < 4.78 is 10.4. The molecule has 168 valence electrons. The maximum Gasteiger partial charge on any atom is 0.306 e. The van der Waals surface area contributed by atoms with Crippen molar-refractivity contribution in [2.75, 3.05) is 46.1 Å². The molecule has 11 nitrogen and oxygen atoms in total. The van der Waals surface area contributed by atoms with Gasteiger partial charge in [-0.2, -0.15) is 0 Å². The molecule has 1 rings (SSSR count). The van der Waals surface area contributed by atoms with E-state index in [1.54, 1.807) is 13.8 Å². The molecule has 0 saturated carbocycles. The Kier molecular flexibility index (Phi) is 11.3. The highest BCUT2D eigenvalue weighted by atomic mass is 16.5. The predicted octanol–water partition coefficient (Wildman–Crippen LogP) is -1.08. The molecule has 4 amide bonds. The number of carboxylic acids is 1. The smallest absolute Gasteiger partial charge is 0.306 e. The Morgan fingerprint density at radius 3 is 2.20 bits per heavy atom. The first-order chi connectivity index (χ1) is 14.2. The maximum atomic E-state index is 11.9. The molecule has 0 aliphatic carbocycles. The zero-order valence-electron chi connectivity index (χ0n) is 17.2. The van der Waals surface area contributed by atoms with Gasteiger partial charge in [-0.25, -0.2) is 0 Å². The van der Waals surface area contributed by atoms with E-state index >= 15 is 0 Å². The standard InChI is InChI=1S/C19H29N3O8/c1-13(11-14(2)19(27)28)18(26)21-6-5-20-15(23)12-30-10-9-29-8-7-22-16(24)3-4-17(22)25/h3-4,13-14H,5-12H2,1-2H3,(H,20,23)(H,21,26)(H,27,28). The molecule has 0 fully saturated rings. The molecule has 1 aliphatic heterocycles. The number of nitrogens with zero attached hydrogens (tertiary/aromatic N) is 1. The number of amides is 4. The molecule has 0 bridgehead atoms. The number of imide groups is 1. The molecule has 11 heteroatoms. The van der Waals surface area contributed by atoms with Gasteiger partial charge in [0, 0.05) is 31.2 Å². The molecular weight excluding hydrogens is 398 g/mol. The number of carbonyl (C=O) groups is 5. The summed E-state index contributed by atoms with van der Waals surface area (Å²) in [5.41, 5.74) is 0. The summed E-state index contributed by atoms with van der Waals surface area (Å²) in [6, 6.07) is 0. The van der Waals surface area contributed by atoms with E-state index in [1.165, 1.54) is 12.2 Å². The third kappa shape index (κ3) is 9.61. The fourth-order valence-electron chi connectivity index (χ4n) is 2.54. The monoisotopic (exact) mass is 427 g/mol. The van der Waals surface area contributed by atoms with Crippen LogP contribution in [-0.4, -0.2) is 85.7 Å². The second-order valence-corrected chi connectivity index (χ2v) is 6.84. The number of ether oxygens (including phenoxy) is 2. The van der Waals surface area contributed by atoms with Crippen LogP contribution in [0, 0.1) is 11.8 Å². The van der Waals surface area contributed by atoms with Gasteiger partial charge in [-0.05, 0) is 6.42 Å². The molecule has 3 N–H and O–H groups in total. The Morgan fingerprint density at radius 2 is 1.57 bits per heavy atom. The van der Waals surface area contributed by atoms with Gasteiger partial charge in [0.25, 0.3) is 11.8 Å². The second-order valence-electron chi connectivity index (χ2n) is 6.84. The average Bonchev–Trinajstić information content (AvgIpc) is 3.01. The van der Waals surface area contributed by atoms with Gasteiger partial charge in [0.2, 0.25) is 11.8 Å². The lowest BCUT2D eigenvalue weighted by Crippen LogP contribution is -2.38. The summed E-state index contributed by atoms with van der Waals surface area (Å²) in [7, 11) is 0. The third-order valence-corrected chi connectivity index (χ3v) is 4.29. The first-order valence-corrected chi connectivity index (χ1v) is 9.68. The van der Waals surface area contributed by atoms with Crippen molar-refractivity contribution in [1.82, 2.24) is 15.5 Å². The quantitative estimate of drug-likeness (QED) is 0.221. The number of rotatable bonds is 15. The lowest BCUT2D eigenvalue weighted by molar-refractivity contribution is -0.142. The minimum atomic E-state index is -0.943. The third-order valence-electron chi connectivity index (χ3n) is 4.29.